The highest BCUT2D eigenvalue weighted by Crippen LogP contribution is 2.20. The molecular formula is C16H18Cl2N2O4. The molecule has 0 spiro atoms. The number of amides is 2. The molecule has 0 bridgehead atoms. The van der Waals surface area contributed by atoms with Gasteiger partial charge >= 0.3 is 5.97 Å². The molecule has 1 aromatic carbocycles. The zero-order valence-electron chi connectivity index (χ0n) is 13.2. The third-order valence-electron chi connectivity index (χ3n) is 3.64. The molecule has 1 fully saturated rings. The maximum absolute atomic E-state index is 12.0. The molecule has 1 aromatic rings. The Balaban J connectivity index is 1.81. The van der Waals surface area contributed by atoms with Crippen LogP contribution in [-0.2, 0) is 14.3 Å². The van der Waals surface area contributed by atoms with Crippen molar-refractivity contribution in [3.63, 3.8) is 0 Å². The lowest BCUT2D eigenvalue weighted by Crippen LogP contribution is -2.40. The van der Waals surface area contributed by atoms with Crippen molar-refractivity contribution in [1.82, 2.24) is 10.2 Å². The Morgan fingerprint density at radius 1 is 1.25 bits per heavy atom. The molecule has 2 rings (SSSR count). The summed E-state index contributed by atoms with van der Waals surface area (Å²) in [5, 5.41) is 3.00. The third-order valence-corrected chi connectivity index (χ3v) is 4.19. The number of halogens is 2. The third kappa shape index (κ3) is 4.85. The van der Waals surface area contributed by atoms with Crippen molar-refractivity contribution >= 4 is 41.0 Å². The van der Waals surface area contributed by atoms with Crippen molar-refractivity contribution in [1.29, 1.82) is 0 Å². The zero-order chi connectivity index (χ0) is 17.7. The monoisotopic (exact) mass is 372 g/mol. The highest BCUT2D eigenvalue weighted by Gasteiger charge is 2.26. The number of benzene rings is 1. The summed E-state index contributed by atoms with van der Waals surface area (Å²) in [4.78, 5) is 37.5. The Bertz CT molecular complexity index is 645. The van der Waals surface area contributed by atoms with Crippen molar-refractivity contribution in [3.05, 3.63) is 33.8 Å². The quantitative estimate of drug-likeness (QED) is 0.804. The SMILES string of the molecule is C[C@H](OC(=O)CNC(=O)c1ccc(Cl)cc1Cl)C(=O)N1CCCC1. The van der Waals surface area contributed by atoms with E-state index in [1.807, 2.05) is 0 Å². The first-order valence-corrected chi connectivity index (χ1v) is 8.35. The number of nitrogens with zero attached hydrogens (tertiary/aromatic N) is 1. The van der Waals surface area contributed by atoms with Gasteiger partial charge in [-0.2, -0.15) is 0 Å². The maximum atomic E-state index is 12.0. The van der Waals surface area contributed by atoms with Gasteiger partial charge < -0.3 is 15.0 Å². The van der Waals surface area contributed by atoms with E-state index in [0.717, 1.165) is 12.8 Å². The van der Waals surface area contributed by atoms with Crippen molar-refractivity contribution < 1.29 is 19.1 Å². The van der Waals surface area contributed by atoms with Gasteiger partial charge in [-0.3, -0.25) is 14.4 Å². The first-order valence-electron chi connectivity index (χ1n) is 7.60. The smallest absolute Gasteiger partial charge is 0.326 e. The van der Waals surface area contributed by atoms with E-state index in [4.69, 9.17) is 27.9 Å². The second kappa shape index (κ2) is 8.35. The molecule has 1 heterocycles. The highest BCUT2D eigenvalue weighted by molar-refractivity contribution is 6.36. The summed E-state index contributed by atoms with van der Waals surface area (Å²) in [6.07, 6.45) is 1.06. The first kappa shape index (κ1) is 18.5. The largest absolute Gasteiger partial charge is 0.451 e. The lowest BCUT2D eigenvalue weighted by Gasteiger charge is -2.20. The predicted molar refractivity (Wildman–Crippen MR) is 90.2 cm³/mol. The first-order chi connectivity index (χ1) is 11.4. The summed E-state index contributed by atoms with van der Waals surface area (Å²) in [5.74, 6) is -1.42. The number of hydrogen-bond donors (Lipinski definition) is 1. The number of esters is 1. The minimum Gasteiger partial charge on any atom is -0.451 e. The molecular weight excluding hydrogens is 355 g/mol. The van der Waals surface area contributed by atoms with Gasteiger partial charge in [0.15, 0.2) is 6.10 Å². The zero-order valence-corrected chi connectivity index (χ0v) is 14.7. The maximum Gasteiger partial charge on any atom is 0.326 e. The van der Waals surface area contributed by atoms with Crippen LogP contribution in [-0.4, -0.2) is 48.4 Å². The van der Waals surface area contributed by atoms with Gasteiger partial charge in [-0.15, -0.1) is 0 Å². The number of hydrogen-bond acceptors (Lipinski definition) is 4. The van der Waals surface area contributed by atoms with Gasteiger partial charge in [-0.1, -0.05) is 23.2 Å². The van der Waals surface area contributed by atoms with E-state index in [9.17, 15) is 14.4 Å². The van der Waals surface area contributed by atoms with Crippen molar-refractivity contribution in [3.8, 4) is 0 Å². The summed E-state index contributed by atoms with van der Waals surface area (Å²) in [6.45, 7) is 2.55. The molecule has 0 aliphatic carbocycles. The summed E-state index contributed by atoms with van der Waals surface area (Å²) >= 11 is 11.7. The Kier molecular flexibility index (Phi) is 6.45. The highest BCUT2D eigenvalue weighted by atomic mass is 35.5. The Hall–Kier alpha value is -1.79. The summed E-state index contributed by atoms with van der Waals surface area (Å²) in [6, 6.07) is 4.43. The fraction of sp³-hybridized carbons (Fsp3) is 0.438. The fourth-order valence-electron chi connectivity index (χ4n) is 2.41. The molecule has 1 saturated heterocycles. The topological polar surface area (TPSA) is 75.7 Å². The minimum atomic E-state index is -0.869. The number of nitrogens with one attached hydrogen (secondary N) is 1. The van der Waals surface area contributed by atoms with Crippen molar-refractivity contribution in [2.24, 2.45) is 0 Å². The molecule has 1 aliphatic rings. The minimum absolute atomic E-state index is 0.186. The van der Waals surface area contributed by atoms with Crippen LogP contribution in [0, 0.1) is 0 Å². The fourth-order valence-corrected chi connectivity index (χ4v) is 2.90. The van der Waals surface area contributed by atoms with Crippen LogP contribution in [0.25, 0.3) is 0 Å². The van der Waals surface area contributed by atoms with Gasteiger partial charge in [-0.05, 0) is 38.0 Å². The van der Waals surface area contributed by atoms with Gasteiger partial charge in [0.05, 0.1) is 10.6 Å². The van der Waals surface area contributed by atoms with Crippen LogP contribution in [0.15, 0.2) is 18.2 Å². The van der Waals surface area contributed by atoms with Crippen LogP contribution in [0.3, 0.4) is 0 Å². The molecule has 130 valence electrons. The molecule has 24 heavy (non-hydrogen) atoms. The van der Waals surface area contributed by atoms with Crippen LogP contribution in [0.2, 0.25) is 10.0 Å². The normalized spacial score (nSPS) is 15.0. The Morgan fingerprint density at radius 3 is 2.54 bits per heavy atom. The number of carbonyl (C=O) groups excluding carboxylic acids is 3. The van der Waals surface area contributed by atoms with E-state index in [0.29, 0.717) is 18.1 Å². The summed E-state index contributed by atoms with van der Waals surface area (Å²) in [7, 11) is 0. The molecule has 2 amide bonds. The van der Waals surface area contributed by atoms with Gasteiger partial charge in [0, 0.05) is 18.1 Å². The lowest BCUT2D eigenvalue weighted by atomic mass is 10.2. The van der Waals surface area contributed by atoms with E-state index in [1.54, 1.807) is 4.90 Å². The van der Waals surface area contributed by atoms with E-state index in [-0.39, 0.29) is 23.0 Å². The molecule has 1 aliphatic heterocycles. The molecule has 1 N–H and O–H groups in total. The molecule has 0 aromatic heterocycles. The van der Waals surface area contributed by atoms with Crippen LogP contribution in [0.1, 0.15) is 30.1 Å². The molecule has 6 nitrogen and oxygen atoms in total. The summed E-state index contributed by atoms with van der Waals surface area (Å²) < 4.78 is 5.06. The average Bonchev–Trinajstić information content (AvgIpc) is 3.06. The lowest BCUT2D eigenvalue weighted by molar-refractivity contribution is -0.157. The van der Waals surface area contributed by atoms with E-state index < -0.39 is 18.0 Å². The number of carbonyl (C=O) groups is 3. The van der Waals surface area contributed by atoms with Crippen LogP contribution < -0.4 is 5.32 Å². The summed E-state index contributed by atoms with van der Waals surface area (Å²) in [5.41, 5.74) is 0.204. The van der Waals surface area contributed by atoms with Gasteiger partial charge in [-0.25, -0.2) is 0 Å². The van der Waals surface area contributed by atoms with Crippen LogP contribution in [0.5, 0.6) is 0 Å². The molecule has 0 radical (unpaired) electrons. The van der Waals surface area contributed by atoms with Crippen molar-refractivity contribution in [2.45, 2.75) is 25.9 Å². The molecule has 1 atom stereocenters. The predicted octanol–water partition coefficient (Wildman–Crippen LogP) is 2.28. The standard InChI is InChI=1S/C16H18Cl2N2O4/c1-10(16(23)20-6-2-3-7-20)24-14(21)9-19-15(22)12-5-4-11(17)8-13(12)18/h4-5,8,10H,2-3,6-7,9H2,1H3,(H,19,22)/t10-/m0/s1. The van der Waals surface area contributed by atoms with E-state index in [2.05, 4.69) is 5.32 Å². The molecule has 0 unspecified atom stereocenters. The van der Waals surface area contributed by atoms with Gasteiger partial charge in [0.2, 0.25) is 0 Å². The molecule has 8 heteroatoms. The number of likely N-dealkylation sites (tertiary alicyclic amines) is 1. The Labute approximate surface area is 150 Å². The second-order valence-electron chi connectivity index (χ2n) is 5.47. The van der Waals surface area contributed by atoms with E-state index in [1.165, 1.54) is 25.1 Å². The van der Waals surface area contributed by atoms with Gasteiger partial charge in [0.1, 0.15) is 6.54 Å². The van der Waals surface area contributed by atoms with Gasteiger partial charge in [0.25, 0.3) is 11.8 Å². The molecule has 0 saturated carbocycles. The Morgan fingerprint density at radius 2 is 1.92 bits per heavy atom. The van der Waals surface area contributed by atoms with E-state index >= 15 is 0 Å². The average molecular weight is 373 g/mol. The second-order valence-corrected chi connectivity index (χ2v) is 6.31. The number of ether oxygens (including phenoxy) is 1. The van der Waals surface area contributed by atoms with Crippen LogP contribution in [0.4, 0.5) is 0 Å². The van der Waals surface area contributed by atoms with Crippen LogP contribution >= 0.6 is 23.2 Å². The number of rotatable bonds is 5. The van der Waals surface area contributed by atoms with Crippen molar-refractivity contribution in [2.75, 3.05) is 19.6 Å².